The van der Waals surface area contributed by atoms with Gasteiger partial charge in [-0.05, 0) is 36.4 Å². The van der Waals surface area contributed by atoms with Gasteiger partial charge >= 0.3 is 5.72 Å². The molecule has 2 aromatic carbocycles. The third-order valence-corrected chi connectivity index (χ3v) is 5.97. The Labute approximate surface area is 168 Å². The van der Waals surface area contributed by atoms with E-state index in [0.717, 1.165) is 27.0 Å². The monoisotopic (exact) mass is 435 g/mol. The molecule has 7 heteroatoms. The molecule has 3 aromatic rings. The molecule has 138 valence electrons. The van der Waals surface area contributed by atoms with Crippen molar-refractivity contribution in [2.75, 3.05) is 5.32 Å². The van der Waals surface area contributed by atoms with Crippen LogP contribution in [0.15, 0.2) is 74.9 Å². The van der Waals surface area contributed by atoms with Gasteiger partial charge in [-0.1, -0.05) is 34.1 Å². The van der Waals surface area contributed by atoms with Crippen LogP contribution in [0.3, 0.4) is 0 Å². The minimum absolute atomic E-state index is 0.124. The van der Waals surface area contributed by atoms with E-state index < -0.39 is 5.72 Å². The highest BCUT2D eigenvalue weighted by molar-refractivity contribution is 9.10. The van der Waals surface area contributed by atoms with Crippen LogP contribution >= 0.6 is 15.9 Å². The summed E-state index contributed by atoms with van der Waals surface area (Å²) < 4.78 is 12.9. The molecule has 1 amide bonds. The van der Waals surface area contributed by atoms with Gasteiger partial charge in [-0.3, -0.25) is 4.79 Å². The molecular weight excluding hydrogens is 422 g/mol. The van der Waals surface area contributed by atoms with E-state index in [1.54, 1.807) is 11.3 Å². The van der Waals surface area contributed by atoms with Crippen LogP contribution in [0.4, 0.5) is 5.69 Å². The molecule has 1 aromatic heterocycles. The largest absolute Gasteiger partial charge is 0.463 e. The van der Waals surface area contributed by atoms with Gasteiger partial charge in [-0.2, -0.15) is 5.10 Å². The molecule has 0 fully saturated rings. The van der Waals surface area contributed by atoms with E-state index in [2.05, 4.69) is 21.2 Å². The third-order valence-electron chi connectivity index (χ3n) is 5.48. The summed E-state index contributed by atoms with van der Waals surface area (Å²) in [6, 6.07) is 17.1. The fourth-order valence-corrected chi connectivity index (χ4v) is 4.61. The topological polar surface area (TPSA) is 67.1 Å². The third kappa shape index (κ3) is 1.97. The van der Waals surface area contributed by atoms with E-state index in [1.807, 2.05) is 54.6 Å². The lowest BCUT2D eigenvalue weighted by Gasteiger charge is -2.43. The number of carbonyl (C=O) groups is 1. The summed E-state index contributed by atoms with van der Waals surface area (Å²) in [5.41, 5.74) is 1.93. The second kappa shape index (κ2) is 5.48. The fraction of sp³-hybridized carbons (Fsp3) is 0.143. The number of furan rings is 1. The molecule has 4 heterocycles. The summed E-state index contributed by atoms with van der Waals surface area (Å²) >= 11 is 3.52. The summed E-state index contributed by atoms with van der Waals surface area (Å²) in [6.07, 6.45) is 2.26. The van der Waals surface area contributed by atoms with Crippen molar-refractivity contribution in [3.05, 3.63) is 82.2 Å². The van der Waals surface area contributed by atoms with Crippen molar-refractivity contribution in [1.29, 1.82) is 0 Å². The highest BCUT2D eigenvalue weighted by Gasteiger charge is 2.61. The van der Waals surface area contributed by atoms with Gasteiger partial charge in [-0.15, -0.1) is 0 Å². The zero-order valence-electron chi connectivity index (χ0n) is 14.6. The quantitative estimate of drug-likeness (QED) is 0.615. The Balaban J connectivity index is 1.60. The number of ether oxygens (including phenoxy) is 1. The molecule has 3 aliphatic heterocycles. The molecular formula is C21H14BrN3O3. The van der Waals surface area contributed by atoms with Gasteiger partial charge in [0.2, 0.25) is 0 Å². The number of benzene rings is 2. The number of carbonyl (C=O) groups excluding carboxylic acids is 1. The number of amides is 1. The first kappa shape index (κ1) is 15.9. The standard InChI is InChI=1S/C21H14BrN3O3/c22-12-7-8-15-14(10-12)21(20(26)23-15)25-17(13-4-1-2-5-18(13)28-21)11-16(24-25)19-6-3-9-27-19/h1-10,17H,11H2,(H,23,26)/t17-,21+/m0/s1. The number of halogens is 1. The minimum atomic E-state index is -1.35. The van der Waals surface area contributed by atoms with Crippen molar-refractivity contribution in [3.8, 4) is 5.75 Å². The summed E-state index contributed by atoms with van der Waals surface area (Å²) in [5.74, 6) is 1.15. The Bertz CT molecular complexity index is 1160. The van der Waals surface area contributed by atoms with E-state index in [9.17, 15) is 4.79 Å². The van der Waals surface area contributed by atoms with Gasteiger partial charge in [0.05, 0.1) is 23.6 Å². The molecule has 2 atom stereocenters. The first-order valence-corrected chi connectivity index (χ1v) is 9.76. The number of fused-ring (bicyclic) bond motifs is 6. The molecule has 6 rings (SSSR count). The predicted molar refractivity (Wildman–Crippen MR) is 106 cm³/mol. The van der Waals surface area contributed by atoms with Crippen molar-refractivity contribution >= 4 is 33.2 Å². The van der Waals surface area contributed by atoms with E-state index in [0.29, 0.717) is 17.9 Å². The Morgan fingerprint density at radius 2 is 2.07 bits per heavy atom. The van der Waals surface area contributed by atoms with Crippen LogP contribution in [0.2, 0.25) is 0 Å². The lowest BCUT2D eigenvalue weighted by atomic mass is 9.93. The first-order valence-electron chi connectivity index (χ1n) is 8.97. The molecule has 0 bridgehead atoms. The summed E-state index contributed by atoms with van der Waals surface area (Å²) in [7, 11) is 0. The molecule has 0 radical (unpaired) electrons. The van der Waals surface area contributed by atoms with Crippen molar-refractivity contribution in [3.63, 3.8) is 0 Å². The zero-order valence-corrected chi connectivity index (χ0v) is 16.1. The molecule has 1 spiro atoms. The second-order valence-corrected chi connectivity index (χ2v) is 7.93. The summed E-state index contributed by atoms with van der Waals surface area (Å²) in [6.45, 7) is 0. The molecule has 1 N–H and O–H groups in total. The normalized spacial score (nSPS) is 24.3. The van der Waals surface area contributed by atoms with Gasteiger partial charge in [0, 0.05) is 16.5 Å². The highest BCUT2D eigenvalue weighted by Crippen LogP contribution is 2.54. The number of hydrogen-bond acceptors (Lipinski definition) is 5. The maximum absolute atomic E-state index is 13.3. The Morgan fingerprint density at radius 3 is 2.93 bits per heavy atom. The van der Waals surface area contributed by atoms with Crippen LogP contribution in [0.5, 0.6) is 5.75 Å². The fourth-order valence-electron chi connectivity index (χ4n) is 4.25. The van der Waals surface area contributed by atoms with Crippen LogP contribution in [0, 0.1) is 0 Å². The molecule has 3 aliphatic rings. The van der Waals surface area contributed by atoms with Crippen LogP contribution in [-0.4, -0.2) is 16.6 Å². The van der Waals surface area contributed by atoms with Gasteiger partial charge in [0.15, 0.2) is 0 Å². The number of nitrogens with one attached hydrogen (secondary N) is 1. The van der Waals surface area contributed by atoms with Crippen LogP contribution in [0.1, 0.15) is 29.3 Å². The summed E-state index contributed by atoms with van der Waals surface area (Å²) in [5, 5.41) is 9.57. The number of rotatable bonds is 1. The number of hydrazone groups is 1. The van der Waals surface area contributed by atoms with Crippen molar-refractivity contribution < 1.29 is 13.9 Å². The maximum atomic E-state index is 13.3. The summed E-state index contributed by atoms with van der Waals surface area (Å²) in [4.78, 5) is 13.3. The van der Waals surface area contributed by atoms with Crippen LogP contribution in [0.25, 0.3) is 0 Å². The number of para-hydroxylation sites is 1. The molecule has 28 heavy (non-hydrogen) atoms. The second-order valence-electron chi connectivity index (χ2n) is 7.02. The van der Waals surface area contributed by atoms with Crippen molar-refractivity contribution in [2.24, 2.45) is 5.10 Å². The molecule has 6 nitrogen and oxygen atoms in total. The van der Waals surface area contributed by atoms with Crippen molar-refractivity contribution in [2.45, 2.75) is 18.2 Å². The number of anilines is 1. The number of hydrogen-bond donors (Lipinski definition) is 1. The van der Waals surface area contributed by atoms with Crippen LogP contribution in [-0.2, 0) is 10.5 Å². The van der Waals surface area contributed by atoms with E-state index in [-0.39, 0.29) is 11.9 Å². The smallest absolute Gasteiger partial charge is 0.306 e. The molecule has 0 saturated carbocycles. The maximum Gasteiger partial charge on any atom is 0.306 e. The lowest BCUT2D eigenvalue weighted by molar-refractivity contribution is -0.161. The van der Waals surface area contributed by atoms with Crippen LogP contribution < -0.4 is 10.1 Å². The first-order chi connectivity index (χ1) is 13.7. The van der Waals surface area contributed by atoms with E-state index in [4.69, 9.17) is 14.3 Å². The van der Waals surface area contributed by atoms with Gasteiger partial charge in [-0.25, -0.2) is 5.01 Å². The van der Waals surface area contributed by atoms with E-state index >= 15 is 0 Å². The zero-order chi connectivity index (χ0) is 18.9. The SMILES string of the molecule is O=C1Nc2ccc(Br)cc2[C@@]12Oc1ccccc1[C@@H]1CC(c3ccco3)=NN12. The minimum Gasteiger partial charge on any atom is -0.463 e. The lowest BCUT2D eigenvalue weighted by Crippen LogP contribution is -2.55. The Kier molecular flexibility index (Phi) is 3.12. The van der Waals surface area contributed by atoms with E-state index in [1.165, 1.54) is 0 Å². The molecule has 0 unspecified atom stereocenters. The Hall–Kier alpha value is -3.06. The predicted octanol–water partition coefficient (Wildman–Crippen LogP) is 4.39. The Morgan fingerprint density at radius 1 is 1.18 bits per heavy atom. The van der Waals surface area contributed by atoms with Gasteiger partial charge < -0.3 is 14.5 Å². The molecule has 0 aliphatic carbocycles. The van der Waals surface area contributed by atoms with Gasteiger partial charge in [0.25, 0.3) is 5.91 Å². The molecule has 0 saturated heterocycles. The van der Waals surface area contributed by atoms with Crippen molar-refractivity contribution in [1.82, 2.24) is 5.01 Å². The number of nitrogens with zero attached hydrogens (tertiary/aromatic N) is 2. The average molecular weight is 436 g/mol. The average Bonchev–Trinajstić information content (AvgIpc) is 3.42. The highest BCUT2D eigenvalue weighted by atomic mass is 79.9. The van der Waals surface area contributed by atoms with Gasteiger partial charge in [0.1, 0.15) is 17.2 Å².